The fraction of sp³-hybridized carbons (Fsp3) is 0. The van der Waals surface area contributed by atoms with E-state index in [-0.39, 0.29) is 140 Å². The van der Waals surface area contributed by atoms with Gasteiger partial charge in [-0.1, -0.05) is 133 Å². The van der Waals surface area contributed by atoms with Crippen molar-refractivity contribution >= 4 is 144 Å². The maximum atomic E-state index is 10.2. The van der Waals surface area contributed by atoms with Crippen LogP contribution in [0, 0.1) is 0 Å². The van der Waals surface area contributed by atoms with Gasteiger partial charge in [0.15, 0.2) is 0 Å². The second-order valence-electron chi connectivity index (χ2n) is 19.4. The summed E-state index contributed by atoms with van der Waals surface area (Å²) in [7, 11) is 0. The predicted molar refractivity (Wildman–Crippen MR) is 315 cm³/mol. The van der Waals surface area contributed by atoms with Gasteiger partial charge in [-0.25, -0.2) is 0 Å². The average molecular weight is 1010 g/mol. The van der Waals surface area contributed by atoms with Crippen LogP contribution in [0.4, 0.5) is 51.2 Å². The van der Waals surface area contributed by atoms with Crippen molar-refractivity contribution in [2.75, 3.05) is 14.7 Å². The molecule has 0 atom stereocenters. The third-order valence-electron chi connectivity index (χ3n) is 15.9. The zero-order chi connectivity index (χ0) is 72.4. The van der Waals surface area contributed by atoms with Crippen LogP contribution < -0.4 is 99.2 Å². The van der Waals surface area contributed by atoms with E-state index in [1.165, 1.54) is 32.9 Å². The van der Waals surface area contributed by atoms with Crippen LogP contribution >= 0.6 is 0 Å². The van der Waals surface area contributed by atoms with Gasteiger partial charge < -0.3 is 33.6 Å². The summed E-state index contributed by atoms with van der Waals surface area (Å²) in [6.07, 6.45) is 0. The Balaban J connectivity index is 1.02. The molecule has 0 N–H and O–H groups in total. The second kappa shape index (κ2) is 14.6. The molecule has 0 radical (unpaired) electrons. The van der Waals surface area contributed by atoms with Gasteiger partial charge in [-0.05, 0) is 133 Å². The molecular weight excluding hydrogens is 942 g/mol. The van der Waals surface area contributed by atoms with Crippen LogP contribution in [0.1, 0.15) is 35.6 Å². The summed E-state index contributed by atoms with van der Waals surface area (Å²) in [4.78, 5) is 3.93. The van der Waals surface area contributed by atoms with Gasteiger partial charge >= 0.3 is 0 Å². The molecule has 7 nitrogen and oxygen atoms in total. The first-order valence-electron chi connectivity index (χ1n) is 37.5. The lowest BCUT2D eigenvalue weighted by Gasteiger charge is -2.51. The Morgan fingerprint density at radius 1 is 0.273 bits per heavy atom. The number of benzene rings is 11. The minimum absolute atomic E-state index is 0.00407. The SMILES string of the molecule is [2H]c1c([2H])c([2H])c(N2c3cc4c(cc3B3c5c([2H])c([2H])c([2H])c([2H])c5N5c6c([2H])c([2H])c([2H])c([2H])c6B6c7cc8c(cc7N(c7c([2H])c([2H])c([2H])c([2H])c7[2H])c7cc2c3c5c76)Oc2cccc3c2B8c2c([2H])c([2H])c([2H])c([2H])c2O3)B2c3c(cccc3Oc3c([2H])c([2H])c([2H])c([2H])c32)O4)c([2H])c1[2H]. The fourth-order valence-electron chi connectivity index (χ4n) is 13.2. The highest BCUT2D eigenvalue weighted by Crippen LogP contribution is 2.51. The highest BCUT2D eigenvalue weighted by molar-refractivity contribution is 7.06. The summed E-state index contributed by atoms with van der Waals surface area (Å²) >= 11 is 0. The highest BCUT2D eigenvalue weighted by atomic mass is 16.5. The minimum atomic E-state index is -1.56. The van der Waals surface area contributed by atoms with E-state index in [0.717, 1.165) is 0 Å². The number of nitrogens with zero attached hydrogens (tertiary/aromatic N) is 3. The normalized spacial score (nSPS) is 19.5. The minimum Gasteiger partial charge on any atom is -0.458 e. The molecule has 19 rings (SSSR count). The lowest BCUT2D eigenvalue weighted by atomic mass is 9.27. The molecule has 0 spiro atoms. The molecule has 11 aromatic rings. The molecule has 0 aliphatic carbocycles. The molecule has 0 bridgehead atoms. The lowest BCUT2D eigenvalue weighted by Crippen LogP contribution is -2.69. The van der Waals surface area contributed by atoms with Gasteiger partial charge in [0.05, 0.1) is 35.6 Å². The smallest absolute Gasteiger partial charge is 0.260 e. The van der Waals surface area contributed by atoms with Crippen molar-refractivity contribution in [1.82, 2.24) is 0 Å². The number of anilines is 9. The maximum absolute atomic E-state index is 10.2. The monoisotopic (exact) mass is 1010 g/mol. The van der Waals surface area contributed by atoms with E-state index in [4.69, 9.17) is 27.2 Å². The zero-order valence-corrected chi connectivity index (χ0v) is 39.1. The summed E-state index contributed by atoms with van der Waals surface area (Å²) in [5.41, 5.74) is -1.60. The van der Waals surface area contributed by atoms with Gasteiger partial charge in [0, 0.05) is 74.2 Å². The Labute approximate surface area is 482 Å². The Morgan fingerprint density at radius 3 is 1.10 bits per heavy atom. The molecule has 0 fully saturated rings. The van der Waals surface area contributed by atoms with E-state index >= 15 is 0 Å². The molecule has 0 saturated heterocycles. The largest absolute Gasteiger partial charge is 0.458 e. The highest BCUT2D eigenvalue weighted by Gasteiger charge is 2.53. The summed E-state index contributed by atoms with van der Waals surface area (Å²) in [5, 5.41) is 0. The van der Waals surface area contributed by atoms with Gasteiger partial charge in [0.1, 0.15) is 46.0 Å². The third-order valence-corrected chi connectivity index (χ3v) is 15.9. The molecule has 0 aromatic heterocycles. The van der Waals surface area contributed by atoms with Crippen LogP contribution in [-0.2, 0) is 0 Å². The molecule has 11 aromatic carbocycles. The molecule has 77 heavy (non-hydrogen) atoms. The number of fused-ring (bicyclic) bond motifs is 18. The molecule has 352 valence electrons. The third kappa shape index (κ3) is 5.16. The maximum Gasteiger partial charge on any atom is 0.260 e. The van der Waals surface area contributed by atoms with E-state index in [1.807, 2.05) is 0 Å². The summed E-state index contributed by atoms with van der Waals surface area (Å²) in [6, 6.07) is -1.18. The number of hydrogen-bond acceptors (Lipinski definition) is 7. The Bertz CT molecular complexity index is 5670. The lowest BCUT2D eigenvalue weighted by molar-refractivity contribution is 0.464. The van der Waals surface area contributed by atoms with Crippen LogP contribution in [-0.4, -0.2) is 26.9 Å². The molecule has 8 aliphatic rings. The first-order valence-corrected chi connectivity index (χ1v) is 24.5. The molecule has 0 unspecified atom stereocenters. The van der Waals surface area contributed by atoms with Gasteiger partial charge in [0.25, 0.3) is 26.9 Å². The van der Waals surface area contributed by atoms with Crippen LogP contribution in [0.5, 0.6) is 46.0 Å². The number of hydrogen-bond donors (Lipinski definition) is 0. The quantitative estimate of drug-likeness (QED) is 0.164. The van der Waals surface area contributed by atoms with Gasteiger partial charge in [0.2, 0.25) is 0 Å². The van der Waals surface area contributed by atoms with Crippen LogP contribution in [0.25, 0.3) is 0 Å². The zero-order valence-electron chi connectivity index (χ0n) is 65.1. The number of para-hydroxylation sites is 6. The van der Waals surface area contributed by atoms with E-state index in [2.05, 4.69) is 0 Å². The second-order valence-corrected chi connectivity index (χ2v) is 19.4. The molecule has 0 amide bonds. The predicted octanol–water partition coefficient (Wildman–Crippen LogP) is 7.84. The fourth-order valence-corrected chi connectivity index (χ4v) is 13.2. The Kier molecular flexibility index (Phi) is 4.51. The standard InChI is InChI=1S/C66H37B4N3O4/c1-3-17-38(18-4-1)71-50-36-60-46(69-42-23-9-13-27-54(42)74-56-29-15-31-58(76-60)64(56)69)33-44(50)67-40-21-7-11-25-48(40)73-49-26-12-8-22-41(49)68-45-34-47-61(77-59-32-16-30-57-65(59)70(47)43-24-10-14-28-55(43)75-57)37-51(45)72(39-19-5-2-6-20-39)53-35-52(71)62(67)66(73)63(53)68/h1-37H/i1D,2D,3D,4D,5D,6D,7D,8D,9D,10D,11D,12D,13D,14D,17D,18D,19D,20D,21D,22D,23D,24D,25D,26D,27D,28D. The number of ether oxygens (including phenoxy) is 4. The average Bonchev–Trinajstić information content (AvgIpc) is 0.653. The molecule has 0 saturated carbocycles. The van der Waals surface area contributed by atoms with Gasteiger partial charge in [-0.15, -0.1) is 0 Å². The molecule has 11 heteroatoms. The van der Waals surface area contributed by atoms with Crippen molar-refractivity contribution < 1.29 is 54.6 Å². The Morgan fingerprint density at radius 2 is 0.649 bits per heavy atom. The van der Waals surface area contributed by atoms with E-state index in [0.29, 0.717) is 10.9 Å². The van der Waals surface area contributed by atoms with Crippen molar-refractivity contribution in [3.8, 4) is 46.0 Å². The van der Waals surface area contributed by atoms with Crippen molar-refractivity contribution in [2.45, 2.75) is 0 Å². The van der Waals surface area contributed by atoms with Crippen molar-refractivity contribution in [3.05, 3.63) is 224 Å². The van der Waals surface area contributed by atoms with Gasteiger partial charge in [-0.3, -0.25) is 0 Å². The van der Waals surface area contributed by atoms with E-state index in [1.54, 1.807) is 48.5 Å². The number of rotatable bonds is 2. The summed E-state index contributed by atoms with van der Waals surface area (Å²) < 4.78 is 273. The van der Waals surface area contributed by atoms with Crippen LogP contribution in [0.3, 0.4) is 0 Å². The van der Waals surface area contributed by atoms with E-state index < -0.39 is 195 Å². The summed E-state index contributed by atoms with van der Waals surface area (Å²) in [6.45, 7) is -5.47. The Hall–Kier alpha value is -9.72. The van der Waals surface area contributed by atoms with Crippen LogP contribution in [0.2, 0.25) is 0 Å². The van der Waals surface area contributed by atoms with Gasteiger partial charge in [-0.2, -0.15) is 0 Å². The summed E-state index contributed by atoms with van der Waals surface area (Å²) in [5.74, 6) is 0.160. The van der Waals surface area contributed by atoms with Crippen molar-refractivity contribution in [2.24, 2.45) is 0 Å². The topological polar surface area (TPSA) is 46.6 Å². The van der Waals surface area contributed by atoms with Crippen LogP contribution in [0.15, 0.2) is 224 Å². The molecule has 8 aliphatic heterocycles. The first kappa shape index (κ1) is 23.9. The first-order chi connectivity index (χ1) is 49.0. The van der Waals surface area contributed by atoms with Crippen molar-refractivity contribution in [3.63, 3.8) is 0 Å². The van der Waals surface area contributed by atoms with Crippen molar-refractivity contribution in [1.29, 1.82) is 0 Å². The molecular formula is C66H37B4N3O4. The van der Waals surface area contributed by atoms with E-state index in [9.17, 15) is 27.4 Å². The molecule has 8 heterocycles.